The first-order chi connectivity index (χ1) is 5.81. The van der Waals surface area contributed by atoms with E-state index in [1.807, 2.05) is 0 Å². The van der Waals surface area contributed by atoms with Crippen molar-refractivity contribution in [1.29, 1.82) is 0 Å². The molecule has 0 heterocycles. The second-order valence-corrected chi connectivity index (χ2v) is 2.62. The zero-order chi connectivity index (χ0) is 9.23. The standard InChI is InChI=1S/C7H16N2O2S.2ClH/c8-2-1-7(12)11-6-5-10-4-3-9;;/h1-6,8-9H2;2*1H. The van der Waals surface area contributed by atoms with Gasteiger partial charge in [0.15, 0.2) is 5.05 Å². The van der Waals surface area contributed by atoms with Gasteiger partial charge >= 0.3 is 0 Å². The Kier molecular flexibility index (Phi) is 22.4. The molecule has 0 rings (SSSR count). The van der Waals surface area contributed by atoms with Crippen molar-refractivity contribution in [3.8, 4) is 0 Å². The van der Waals surface area contributed by atoms with Gasteiger partial charge in [0.05, 0.1) is 13.2 Å². The SMILES string of the molecule is Cl.Cl.NCCOCCOC(=S)CCN. The van der Waals surface area contributed by atoms with Crippen LogP contribution in [-0.2, 0) is 9.47 Å². The highest BCUT2D eigenvalue weighted by molar-refractivity contribution is 7.80. The molecule has 0 aromatic carbocycles. The summed E-state index contributed by atoms with van der Waals surface area (Å²) in [5, 5.41) is 0.550. The Labute approximate surface area is 103 Å². The molecule has 0 unspecified atom stereocenters. The second kappa shape index (κ2) is 15.8. The van der Waals surface area contributed by atoms with Gasteiger partial charge in [-0.25, -0.2) is 0 Å². The molecule has 0 bridgehead atoms. The Hall–Kier alpha value is 0.350. The molecular formula is C7H18Cl2N2O2S. The smallest absolute Gasteiger partial charge is 0.161 e. The van der Waals surface area contributed by atoms with E-state index in [9.17, 15) is 0 Å². The van der Waals surface area contributed by atoms with Crippen LogP contribution in [0.2, 0.25) is 0 Å². The van der Waals surface area contributed by atoms with Crippen molar-refractivity contribution in [2.75, 3.05) is 32.9 Å². The van der Waals surface area contributed by atoms with Gasteiger partial charge in [-0.1, -0.05) is 0 Å². The van der Waals surface area contributed by atoms with Crippen molar-refractivity contribution in [3.05, 3.63) is 0 Å². The Morgan fingerprint density at radius 1 is 1.00 bits per heavy atom. The quantitative estimate of drug-likeness (QED) is 0.518. The van der Waals surface area contributed by atoms with E-state index < -0.39 is 0 Å². The number of hydrogen-bond acceptors (Lipinski definition) is 5. The molecule has 0 saturated heterocycles. The van der Waals surface area contributed by atoms with Gasteiger partial charge in [-0.15, -0.1) is 24.8 Å². The van der Waals surface area contributed by atoms with Gasteiger partial charge in [-0.05, 0) is 12.2 Å². The molecule has 88 valence electrons. The van der Waals surface area contributed by atoms with Crippen LogP contribution in [0.4, 0.5) is 0 Å². The minimum atomic E-state index is 0. The minimum absolute atomic E-state index is 0. The van der Waals surface area contributed by atoms with Crippen LogP contribution in [0, 0.1) is 0 Å². The third-order valence-corrected chi connectivity index (χ3v) is 1.42. The number of thiocarbonyl (C=S) groups is 1. The summed E-state index contributed by atoms with van der Waals surface area (Å²) >= 11 is 4.85. The summed E-state index contributed by atoms with van der Waals surface area (Å²) in [5.41, 5.74) is 10.5. The lowest BCUT2D eigenvalue weighted by atomic mass is 10.5. The van der Waals surface area contributed by atoms with Crippen LogP contribution in [0.15, 0.2) is 0 Å². The van der Waals surface area contributed by atoms with Crippen LogP contribution in [0.5, 0.6) is 0 Å². The monoisotopic (exact) mass is 264 g/mol. The molecule has 0 radical (unpaired) electrons. The Morgan fingerprint density at radius 2 is 1.64 bits per heavy atom. The molecule has 0 amide bonds. The lowest BCUT2D eigenvalue weighted by Crippen LogP contribution is -2.15. The minimum Gasteiger partial charge on any atom is -0.485 e. The van der Waals surface area contributed by atoms with Gasteiger partial charge in [-0.2, -0.15) is 0 Å². The lowest BCUT2D eigenvalue weighted by molar-refractivity contribution is 0.102. The van der Waals surface area contributed by atoms with Crippen molar-refractivity contribution in [2.45, 2.75) is 6.42 Å². The van der Waals surface area contributed by atoms with E-state index in [4.69, 9.17) is 33.2 Å². The first kappa shape index (κ1) is 19.9. The number of halogens is 2. The van der Waals surface area contributed by atoms with Crippen molar-refractivity contribution < 1.29 is 9.47 Å². The third kappa shape index (κ3) is 14.9. The van der Waals surface area contributed by atoms with Crippen LogP contribution < -0.4 is 11.5 Å². The summed E-state index contributed by atoms with van der Waals surface area (Å²) in [5.74, 6) is 0. The van der Waals surface area contributed by atoms with Crippen molar-refractivity contribution >= 4 is 42.1 Å². The molecule has 0 spiro atoms. The predicted molar refractivity (Wildman–Crippen MR) is 66.6 cm³/mol. The first-order valence-electron chi connectivity index (χ1n) is 3.94. The van der Waals surface area contributed by atoms with Crippen LogP contribution in [0.1, 0.15) is 6.42 Å². The molecule has 0 aromatic heterocycles. The van der Waals surface area contributed by atoms with Crippen LogP contribution >= 0.6 is 37.0 Å². The van der Waals surface area contributed by atoms with E-state index in [1.54, 1.807) is 0 Å². The fraction of sp³-hybridized carbons (Fsp3) is 0.857. The predicted octanol–water partition coefficient (Wildman–Crippen LogP) is 0.498. The molecule has 0 aromatic rings. The molecule has 0 aliphatic rings. The highest BCUT2D eigenvalue weighted by Crippen LogP contribution is 1.87. The fourth-order valence-electron chi connectivity index (χ4n) is 0.590. The van der Waals surface area contributed by atoms with Gasteiger partial charge in [0.2, 0.25) is 0 Å². The van der Waals surface area contributed by atoms with Gasteiger partial charge in [0.1, 0.15) is 6.61 Å². The molecule has 0 atom stereocenters. The van der Waals surface area contributed by atoms with E-state index >= 15 is 0 Å². The van der Waals surface area contributed by atoms with E-state index in [2.05, 4.69) is 0 Å². The van der Waals surface area contributed by atoms with E-state index in [0.29, 0.717) is 44.4 Å². The zero-order valence-electron chi connectivity index (χ0n) is 7.94. The van der Waals surface area contributed by atoms with Crippen LogP contribution in [0.25, 0.3) is 0 Å². The Balaban J connectivity index is -0.000000605. The normalized spacial score (nSPS) is 8.43. The Morgan fingerprint density at radius 3 is 2.14 bits per heavy atom. The molecule has 0 aliphatic heterocycles. The number of nitrogens with two attached hydrogens (primary N) is 2. The summed E-state index contributed by atoms with van der Waals surface area (Å²) in [6.07, 6.45) is 0.631. The summed E-state index contributed by atoms with van der Waals surface area (Å²) in [6, 6.07) is 0. The maximum Gasteiger partial charge on any atom is 0.161 e. The van der Waals surface area contributed by atoms with E-state index in [1.165, 1.54) is 0 Å². The maximum absolute atomic E-state index is 5.27. The summed E-state index contributed by atoms with van der Waals surface area (Å²) in [7, 11) is 0. The zero-order valence-corrected chi connectivity index (χ0v) is 10.4. The van der Waals surface area contributed by atoms with Gasteiger partial charge in [0, 0.05) is 19.5 Å². The molecule has 7 heteroatoms. The second-order valence-electron chi connectivity index (χ2n) is 2.16. The maximum atomic E-state index is 5.27. The van der Waals surface area contributed by atoms with Gasteiger partial charge < -0.3 is 20.9 Å². The molecular weight excluding hydrogens is 247 g/mol. The van der Waals surface area contributed by atoms with Gasteiger partial charge in [0.25, 0.3) is 0 Å². The largest absolute Gasteiger partial charge is 0.485 e. The molecule has 0 saturated carbocycles. The van der Waals surface area contributed by atoms with Crippen molar-refractivity contribution in [2.24, 2.45) is 11.5 Å². The van der Waals surface area contributed by atoms with E-state index in [-0.39, 0.29) is 24.8 Å². The molecule has 14 heavy (non-hydrogen) atoms. The van der Waals surface area contributed by atoms with Crippen molar-refractivity contribution in [3.63, 3.8) is 0 Å². The topological polar surface area (TPSA) is 70.5 Å². The Bertz CT molecular complexity index is 130. The molecule has 4 N–H and O–H groups in total. The number of hydrogen-bond donors (Lipinski definition) is 2. The van der Waals surface area contributed by atoms with Crippen LogP contribution in [-0.4, -0.2) is 38.0 Å². The first-order valence-corrected chi connectivity index (χ1v) is 4.35. The summed E-state index contributed by atoms with van der Waals surface area (Å²) in [4.78, 5) is 0. The summed E-state index contributed by atoms with van der Waals surface area (Å²) in [6.45, 7) is 2.64. The third-order valence-electron chi connectivity index (χ3n) is 1.10. The lowest BCUT2D eigenvalue weighted by Gasteiger charge is -2.06. The average Bonchev–Trinajstić information content (AvgIpc) is 2.05. The highest BCUT2D eigenvalue weighted by atomic mass is 35.5. The average molecular weight is 265 g/mol. The highest BCUT2D eigenvalue weighted by Gasteiger charge is 1.94. The molecule has 0 aliphatic carbocycles. The molecule has 0 fully saturated rings. The van der Waals surface area contributed by atoms with Gasteiger partial charge in [-0.3, -0.25) is 0 Å². The van der Waals surface area contributed by atoms with Crippen LogP contribution in [0.3, 0.4) is 0 Å². The number of ether oxygens (including phenoxy) is 2. The summed E-state index contributed by atoms with van der Waals surface area (Å²) < 4.78 is 10.2. The van der Waals surface area contributed by atoms with Crippen molar-refractivity contribution in [1.82, 2.24) is 0 Å². The van der Waals surface area contributed by atoms with E-state index in [0.717, 1.165) is 0 Å². The molecule has 4 nitrogen and oxygen atoms in total. The number of rotatable bonds is 7. The fourth-order valence-corrected chi connectivity index (χ4v) is 0.791.